The third-order valence-electron chi connectivity index (χ3n) is 6.38. The van der Waals surface area contributed by atoms with E-state index in [4.69, 9.17) is 4.74 Å². The van der Waals surface area contributed by atoms with Crippen LogP contribution >= 0.6 is 22.7 Å². The van der Waals surface area contributed by atoms with Crippen LogP contribution in [0.1, 0.15) is 65.5 Å². The molecule has 9 heteroatoms. The lowest BCUT2D eigenvalue weighted by atomic mass is 9.86. The van der Waals surface area contributed by atoms with Gasteiger partial charge in [0, 0.05) is 28.4 Å². The summed E-state index contributed by atoms with van der Waals surface area (Å²) in [5.74, 6) is 1.42. The van der Waals surface area contributed by atoms with E-state index in [0.717, 1.165) is 16.2 Å². The Labute approximate surface area is 204 Å². The molecular formula is C25H24N4O3S2. The molecule has 2 fully saturated rings. The maximum absolute atomic E-state index is 13.3. The van der Waals surface area contributed by atoms with Crippen LogP contribution < -0.4 is 10.1 Å². The van der Waals surface area contributed by atoms with Crippen molar-refractivity contribution in [2.75, 3.05) is 11.9 Å². The third-order valence-corrected chi connectivity index (χ3v) is 7.91. The van der Waals surface area contributed by atoms with Gasteiger partial charge in [-0.3, -0.25) is 14.5 Å². The molecule has 0 unspecified atom stereocenters. The first-order chi connectivity index (χ1) is 16.7. The first-order valence-corrected chi connectivity index (χ1v) is 13.3. The monoisotopic (exact) mass is 492 g/mol. The fraction of sp³-hybridized carbons (Fsp3) is 0.320. The summed E-state index contributed by atoms with van der Waals surface area (Å²) in [6.45, 7) is 0.600. The van der Waals surface area contributed by atoms with E-state index in [9.17, 15) is 9.90 Å². The number of thiazole rings is 2. The maximum Gasteiger partial charge on any atom is 0.276 e. The summed E-state index contributed by atoms with van der Waals surface area (Å²) in [5.41, 5.74) is 2.81. The van der Waals surface area contributed by atoms with Crippen LogP contribution in [0, 0.1) is 5.92 Å². The molecule has 7 nitrogen and oxygen atoms in total. The third kappa shape index (κ3) is 4.21. The van der Waals surface area contributed by atoms with Crippen molar-refractivity contribution >= 4 is 50.8 Å². The van der Waals surface area contributed by atoms with Gasteiger partial charge in [-0.05, 0) is 49.8 Å². The number of para-hydroxylation sites is 1. The number of aromatic nitrogens is 3. The van der Waals surface area contributed by atoms with E-state index in [2.05, 4.69) is 15.3 Å². The van der Waals surface area contributed by atoms with Crippen LogP contribution in [-0.4, -0.2) is 32.0 Å². The SMILES string of the molecule is O=C(Nc1nc(C2CC2)cs1)c1c(/C=C/c2cccc(O)c2OCC2CCC2)nc2sccn12. The number of benzene rings is 1. The Hall–Kier alpha value is -3.17. The normalized spacial score (nSPS) is 16.2. The Morgan fingerprint density at radius 2 is 2.09 bits per heavy atom. The van der Waals surface area contributed by atoms with Gasteiger partial charge >= 0.3 is 0 Å². The number of amides is 1. The lowest BCUT2D eigenvalue weighted by molar-refractivity contribution is 0.102. The van der Waals surface area contributed by atoms with Crippen LogP contribution in [0.4, 0.5) is 5.13 Å². The Morgan fingerprint density at radius 3 is 2.88 bits per heavy atom. The van der Waals surface area contributed by atoms with Gasteiger partial charge < -0.3 is 9.84 Å². The molecule has 1 amide bonds. The first-order valence-electron chi connectivity index (χ1n) is 11.5. The molecule has 34 heavy (non-hydrogen) atoms. The number of imidazole rings is 1. The highest BCUT2D eigenvalue weighted by molar-refractivity contribution is 7.15. The number of carbonyl (C=O) groups excluding carboxylic acids is 1. The minimum Gasteiger partial charge on any atom is -0.504 e. The fourth-order valence-electron chi connectivity index (χ4n) is 4.07. The Balaban J connectivity index is 1.27. The predicted molar refractivity (Wildman–Crippen MR) is 135 cm³/mol. The summed E-state index contributed by atoms with van der Waals surface area (Å²) in [6.07, 6.45) is 11.4. The zero-order valence-electron chi connectivity index (χ0n) is 18.4. The zero-order chi connectivity index (χ0) is 23.1. The minimum absolute atomic E-state index is 0.112. The number of aromatic hydroxyl groups is 1. The number of hydrogen-bond donors (Lipinski definition) is 2. The molecule has 0 bridgehead atoms. The van der Waals surface area contributed by atoms with Gasteiger partial charge in [0.15, 0.2) is 21.6 Å². The number of carbonyl (C=O) groups is 1. The van der Waals surface area contributed by atoms with Crippen LogP contribution in [0.5, 0.6) is 11.5 Å². The highest BCUT2D eigenvalue weighted by Gasteiger charge is 2.27. The molecule has 0 saturated heterocycles. The number of nitrogens with zero attached hydrogens (tertiary/aromatic N) is 3. The second-order valence-corrected chi connectivity index (χ2v) is 10.6. The first kappa shape index (κ1) is 21.4. The van der Waals surface area contributed by atoms with E-state index < -0.39 is 0 Å². The van der Waals surface area contributed by atoms with Gasteiger partial charge in [0.05, 0.1) is 18.0 Å². The van der Waals surface area contributed by atoms with Gasteiger partial charge in [-0.2, -0.15) is 0 Å². The summed E-state index contributed by atoms with van der Waals surface area (Å²) >= 11 is 2.92. The van der Waals surface area contributed by atoms with Crippen molar-refractivity contribution < 1.29 is 14.6 Å². The molecule has 0 atom stereocenters. The molecule has 174 valence electrons. The topological polar surface area (TPSA) is 88.8 Å². The quantitative estimate of drug-likeness (QED) is 0.313. The molecule has 3 aromatic heterocycles. The summed E-state index contributed by atoms with van der Waals surface area (Å²) in [7, 11) is 0. The molecule has 0 spiro atoms. The van der Waals surface area contributed by atoms with Crippen molar-refractivity contribution in [1.29, 1.82) is 0 Å². The van der Waals surface area contributed by atoms with Crippen LogP contribution in [0.2, 0.25) is 0 Å². The van der Waals surface area contributed by atoms with Gasteiger partial charge in [-0.1, -0.05) is 18.6 Å². The number of phenolic OH excluding ortho intramolecular Hbond substituents is 1. The second-order valence-electron chi connectivity index (χ2n) is 8.84. The number of phenols is 1. The van der Waals surface area contributed by atoms with Crippen LogP contribution in [0.25, 0.3) is 17.1 Å². The minimum atomic E-state index is -0.250. The Kier molecular flexibility index (Phi) is 5.58. The van der Waals surface area contributed by atoms with E-state index >= 15 is 0 Å². The van der Waals surface area contributed by atoms with Gasteiger partial charge in [0.25, 0.3) is 5.91 Å². The molecule has 1 aromatic carbocycles. The van der Waals surface area contributed by atoms with E-state index in [1.807, 2.05) is 29.1 Å². The molecule has 0 aliphatic heterocycles. The van der Waals surface area contributed by atoms with Crippen molar-refractivity contribution in [3.05, 3.63) is 57.8 Å². The maximum atomic E-state index is 13.3. The molecule has 4 aromatic rings. The number of fused-ring (bicyclic) bond motifs is 1. The summed E-state index contributed by atoms with van der Waals surface area (Å²) in [6, 6.07) is 5.30. The highest BCUT2D eigenvalue weighted by Crippen LogP contribution is 2.41. The largest absolute Gasteiger partial charge is 0.504 e. The molecule has 2 aliphatic rings. The van der Waals surface area contributed by atoms with Crippen molar-refractivity contribution in [3.63, 3.8) is 0 Å². The molecule has 0 radical (unpaired) electrons. The standard InChI is InChI=1S/C25H24N4O3S2/c30-20-6-2-5-17(22(20)32-13-15-3-1-4-15)9-10-18-21(29-11-12-33-25(29)27-18)23(31)28-24-26-19(14-34-24)16-7-8-16/h2,5-6,9-12,14-16,30H,1,3-4,7-8,13H2,(H,26,28,31)/b10-9+. The van der Waals surface area contributed by atoms with Crippen molar-refractivity contribution in [3.8, 4) is 11.5 Å². The number of ether oxygens (including phenoxy) is 1. The van der Waals surface area contributed by atoms with E-state index in [1.54, 1.807) is 22.6 Å². The Bertz CT molecular complexity index is 1380. The second kappa shape index (κ2) is 8.88. The number of rotatable bonds is 8. The van der Waals surface area contributed by atoms with Crippen molar-refractivity contribution in [2.24, 2.45) is 5.92 Å². The number of hydrogen-bond acceptors (Lipinski definition) is 7. The summed E-state index contributed by atoms with van der Waals surface area (Å²) < 4.78 is 7.77. The van der Waals surface area contributed by atoms with Crippen LogP contribution in [0.15, 0.2) is 35.2 Å². The smallest absolute Gasteiger partial charge is 0.276 e. The van der Waals surface area contributed by atoms with Crippen LogP contribution in [0.3, 0.4) is 0 Å². The average Bonchev–Trinajstić information content (AvgIpc) is 3.20. The van der Waals surface area contributed by atoms with Crippen molar-refractivity contribution in [1.82, 2.24) is 14.4 Å². The zero-order valence-corrected chi connectivity index (χ0v) is 20.1. The lowest BCUT2D eigenvalue weighted by Crippen LogP contribution is -2.19. The van der Waals surface area contributed by atoms with Crippen LogP contribution in [-0.2, 0) is 0 Å². The van der Waals surface area contributed by atoms with E-state index in [1.165, 1.54) is 54.8 Å². The molecule has 2 saturated carbocycles. The van der Waals surface area contributed by atoms with Crippen molar-refractivity contribution in [2.45, 2.75) is 38.0 Å². The summed E-state index contributed by atoms with van der Waals surface area (Å²) in [4.78, 5) is 23.2. The van der Waals surface area contributed by atoms with Gasteiger partial charge in [0.2, 0.25) is 0 Å². The van der Waals surface area contributed by atoms with E-state index in [-0.39, 0.29) is 11.7 Å². The Morgan fingerprint density at radius 1 is 1.21 bits per heavy atom. The summed E-state index contributed by atoms with van der Waals surface area (Å²) in [5, 5.41) is 17.9. The predicted octanol–water partition coefficient (Wildman–Crippen LogP) is 6.04. The average molecular weight is 493 g/mol. The molecule has 6 rings (SSSR count). The molecule has 2 N–H and O–H groups in total. The fourth-order valence-corrected chi connectivity index (χ4v) is 5.58. The lowest BCUT2D eigenvalue weighted by Gasteiger charge is -2.25. The van der Waals surface area contributed by atoms with Gasteiger partial charge in [-0.15, -0.1) is 22.7 Å². The molecular weight excluding hydrogens is 468 g/mol. The number of nitrogens with one attached hydrogen (secondary N) is 1. The molecule has 2 aliphatic carbocycles. The van der Waals surface area contributed by atoms with E-state index in [0.29, 0.717) is 40.7 Å². The van der Waals surface area contributed by atoms with Gasteiger partial charge in [-0.25, -0.2) is 9.97 Å². The van der Waals surface area contributed by atoms with Gasteiger partial charge in [0.1, 0.15) is 5.69 Å². The highest BCUT2D eigenvalue weighted by atomic mass is 32.1. The number of anilines is 1. The molecule has 3 heterocycles.